The van der Waals surface area contributed by atoms with Crippen molar-refractivity contribution in [1.29, 1.82) is 0 Å². The molecule has 3 N–H and O–H groups in total. The van der Waals surface area contributed by atoms with Gasteiger partial charge < -0.3 is 11.1 Å². The molecule has 1 heterocycles. The van der Waals surface area contributed by atoms with Crippen LogP contribution in [0.15, 0.2) is 30.3 Å². The first kappa shape index (κ1) is 15.4. The maximum atomic E-state index is 5.63. The third-order valence-corrected chi connectivity index (χ3v) is 3.47. The summed E-state index contributed by atoms with van der Waals surface area (Å²) in [6, 6.07) is 10.5. The Balaban J connectivity index is 2.16. The van der Waals surface area contributed by atoms with Crippen LogP contribution in [-0.4, -0.2) is 9.97 Å². The first-order valence-electron chi connectivity index (χ1n) is 7.40. The number of nitrogens with zero attached hydrogens (tertiary/aromatic N) is 2. The third kappa shape index (κ3) is 4.02. The first-order valence-corrected chi connectivity index (χ1v) is 7.40. The van der Waals surface area contributed by atoms with Gasteiger partial charge in [-0.25, -0.2) is 9.97 Å². The molecule has 21 heavy (non-hydrogen) atoms. The maximum absolute atomic E-state index is 5.63. The van der Waals surface area contributed by atoms with E-state index in [9.17, 15) is 0 Å². The molecule has 0 aliphatic heterocycles. The minimum atomic E-state index is 0.186. The molecule has 4 nitrogen and oxygen atoms in total. The highest BCUT2D eigenvalue weighted by Crippen LogP contribution is 2.20. The summed E-state index contributed by atoms with van der Waals surface area (Å²) in [5, 5.41) is 3.45. The van der Waals surface area contributed by atoms with Crippen LogP contribution in [0.4, 0.5) is 5.82 Å². The molecule has 1 atom stereocenters. The van der Waals surface area contributed by atoms with E-state index in [0.29, 0.717) is 12.5 Å². The van der Waals surface area contributed by atoms with Crippen molar-refractivity contribution < 1.29 is 0 Å². The summed E-state index contributed by atoms with van der Waals surface area (Å²) in [4.78, 5) is 9.06. The largest absolute Gasteiger partial charge is 0.363 e. The molecule has 4 heteroatoms. The Morgan fingerprint density at radius 2 is 1.76 bits per heavy atom. The lowest BCUT2D eigenvalue weighted by molar-refractivity contribution is 0.761. The summed E-state index contributed by atoms with van der Waals surface area (Å²) in [5.74, 6) is 2.08. The highest BCUT2D eigenvalue weighted by molar-refractivity contribution is 5.40. The second-order valence-electron chi connectivity index (χ2n) is 5.72. The Morgan fingerprint density at radius 1 is 1.10 bits per heavy atom. The second-order valence-corrected chi connectivity index (χ2v) is 5.72. The topological polar surface area (TPSA) is 63.8 Å². The molecule has 0 radical (unpaired) electrons. The Kier molecular flexibility index (Phi) is 4.91. The smallest absolute Gasteiger partial charge is 0.133 e. The molecule has 1 aromatic carbocycles. The molecule has 1 unspecified atom stereocenters. The lowest BCUT2D eigenvalue weighted by Crippen LogP contribution is -2.11. The van der Waals surface area contributed by atoms with Gasteiger partial charge in [-0.1, -0.05) is 38.1 Å². The van der Waals surface area contributed by atoms with Gasteiger partial charge >= 0.3 is 0 Å². The van der Waals surface area contributed by atoms with E-state index in [4.69, 9.17) is 5.73 Å². The number of nitrogens with one attached hydrogen (secondary N) is 1. The van der Waals surface area contributed by atoms with E-state index in [0.717, 1.165) is 22.9 Å². The van der Waals surface area contributed by atoms with Gasteiger partial charge in [0.15, 0.2) is 0 Å². The van der Waals surface area contributed by atoms with E-state index in [1.165, 1.54) is 5.56 Å². The van der Waals surface area contributed by atoms with Gasteiger partial charge in [0.2, 0.25) is 0 Å². The van der Waals surface area contributed by atoms with Gasteiger partial charge in [-0.15, -0.1) is 0 Å². The number of aryl methyl sites for hydroxylation is 1. The van der Waals surface area contributed by atoms with Crippen LogP contribution >= 0.6 is 0 Å². The minimum absolute atomic E-state index is 0.186. The van der Waals surface area contributed by atoms with Gasteiger partial charge in [0, 0.05) is 30.3 Å². The van der Waals surface area contributed by atoms with Crippen molar-refractivity contribution >= 4 is 5.82 Å². The molecule has 0 aliphatic carbocycles. The summed E-state index contributed by atoms with van der Waals surface area (Å²) in [7, 11) is 0. The predicted molar refractivity (Wildman–Crippen MR) is 87.2 cm³/mol. The Hall–Kier alpha value is -1.94. The lowest BCUT2D eigenvalue weighted by Gasteiger charge is -2.17. The van der Waals surface area contributed by atoms with Crippen molar-refractivity contribution in [2.45, 2.75) is 46.2 Å². The number of nitrogens with two attached hydrogens (primary N) is 1. The molecule has 0 saturated carbocycles. The SMILES string of the molecule is Cc1cc(NC(C)c2ccc(CN)cc2)nc(C(C)C)n1. The molecule has 1 aromatic heterocycles. The van der Waals surface area contributed by atoms with Crippen molar-refractivity contribution in [3.63, 3.8) is 0 Å². The lowest BCUT2D eigenvalue weighted by atomic mass is 10.1. The minimum Gasteiger partial charge on any atom is -0.363 e. The molecule has 0 amide bonds. The van der Waals surface area contributed by atoms with Gasteiger partial charge in [-0.3, -0.25) is 0 Å². The van der Waals surface area contributed by atoms with Gasteiger partial charge in [-0.05, 0) is 25.0 Å². The molecular weight excluding hydrogens is 260 g/mol. The molecule has 112 valence electrons. The Labute approximate surface area is 126 Å². The van der Waals surface area contributed by atoms with Crippen LogP contribution in [0.1, 0.15) is 55.4 Å². The summed E-state index contributed by atoms with van der Waals surface area (Å²) in [6.07, 6.45) is 0. The third-order valence-electron chi connectivity index (χ3n) is 3.47. The van der Waals surface area contributed by atoms with E-state index in [1.54, 1.807) is 0 Å². The maximum Gasteiger partial charge on any atom is 0.133 e. The van der Waals surface area contributed by atoms with E-state index >= 15 is 0 Å². The number of rotatable bonds is 5. The molecule has 2 aromatic rings. The van der Waals surface area contributed by atoms with Crippen LogP contribution in [0.2, 0.25) is 0 Å². The first-order chi connectivity index (χ1) is 9.99. The number of aromatic nitrogens is 2. The van der Waals surface area contributed by atoms with Gasteiger partial charge in [0.1, 0.15) is 11.6 Å². The highest BCUT2D eigenvalue weighted by Gasteiger charge is 2.10. The van der Waals surface area contributed by atoms with Gasteiger partial charge in [-0.2, -0.15) is 0 Å². The number of anilines is 1. The van der Waals surface area contributed by atoms with Crippen LogP contribution in [-0.2, 0) is 6.54 Å². The number of hydrogen-bond acceptors (Lipinski definition) is 4. The normalized spacial score (nSPS) is 12.5. The summed E-state index contributed by atoms with van der Waals surface area (Å²) in [6.45, 7) is 8.91. The fourth-order valence-corrected chi connectivity index (χ4v) is 2.17. The molecule has 0 fully saturated rings. The summed E-state index contributed by atoms with van der Waals surface area (Å²) >= 11 is 0. The molecule has 0 aliphatic rings. The van der Waals surface area contributed by atoms with Crippen LogP contribution < -0.4 is 11.1 Å². The van der Waals surface area contributed by atoms with Crippen LogP contribution in [0.5, 0.6) is 0 Å². The summed E-state index contributed by atoms with van der Waals surface area (Å²) < 4.78 is 0. The average Bonchev–Trinajstić information content (AvgIpc) is 2.46. The van der Waals surface area contributed by atoms with E-state index in [-0.39, 0.29) is 6.04 Å². The van der Waals surface area contributed by atoms with Gasteiger partial charge in [0.05, 0.1) is 0 Å². The average molecular weight is 284 g/mol. The van der Waals surface area contributed by atoms with Crippen LogP contribution in [0.3, 0.4) is 0 Å². The molecule has 0 saturated heterocycles. The van der Waals surface area contributed by atoms with Crippen molar-refractivity contribution in [2.24, 2.45) is 5.73 Å². The second kappa shape index (κ2) is 6.68. The number of benzene rings is 1. The standard InChI is InChI=1S/C17H24N4/c1-11(2)17-19-12(3)9-16(21-17)20-13(4)15-7-5-14(10-18)6-8-15/h5-9,11,13H,10,18H2,1-4H3,(H,19,20,21). The highest BCUT2D eigenvalue weighted by atomic mass is 15.0. The zero-order valence-electron chi connectivity index (χ0n) is 13.2. The number of hydrogen-bond donors (Lipinski definition) is 2. The van der Waals surface area contributed by atoms with Crippen molar-refractivity contribution in [3.05, 3.63) is 53.0 Å². The predicted octanol–water partition coefficient (Wildman–Crippen LogP) is 3.54. The fraction of sp³-hybridized carbons (Fsp3) is 0.412. The van der Waals surface area contributed by atoms with E-state index in [2.05, 4.69) is 60.3 Å². The van der Waals surface area contributed by atoms with Crippen molar-refractivity contribution in [1.82, 2.24) is 9.97 Å². The molecule has 0 spiro atoms. The van der Waals surface area contributed by atoms with Crippen LogP contribution in [0.25, 0.3) is 0 Å². The zero-order chi connectivity index (χ0) is 15.4. The van der Waals surface area contributed by atoms with E-state index < -0.39 is 0 Å². The molecular formula is C17H24N4. The fourth-order valence-electron chi connectivity index (χ4n) is 2.17. The Bertz CT molecular complexity index is 590. The zero-order valence-corrected chi connectivity index (χ0v) is 13.2. The molecule has 2 rings (SSSR count). The monoisotopic (exact) mass is 284 g/mol. The van der Waals surface area contributed by atoms with Crippen molar-refractivity contribution in [3.8, 4) is 0 Å². The van der Waals surface area contributed by atoms with E-state index in [1.807, 2.05) is 13.0 Å². The van der Waals surface area contributed by atoms with Crippen LogP contribution in [0, 0.1) is 6.92 Å². The van der Waals surface area contributed by atoms with Crippen molar-refractivity contribution in [2.75, 3.05) is 5.32 Å². The Morgan fingerprint density at radius 3 is 2.33 bits per heavy atom. The molecule has 0 bridgehead atoms. The van der Waals surface area contributed by atoms with Gasteiger partial charge in [0.25, 0.3) is 0 Å². The quantitative estimate of drug-likeness (QED) is 0.881. The summed E-state index contributed by atoms with van der Waals surface area (Å²) in [5.41, 5.74) is 8.98.